The number of aliphatic hydroxyl groups is 2. The van der Waals surface area contributed by atoms with Crippen molar-refractivity contribution in [3.8, 4) is 23.7 Å². The van der Waals surface area contributed by atoms with Gasteiger partial charge in [0.2, 0.25) is 10.0 Å². The summed E-state index contributed by atoms with van der Waals surface area (Å²) in [5.41, 5.74) is -1.45. The molecule has 0 bridgehead atoms. The maximum absolute atomic E-state index is 13.8. The molecule has 1 fully saturated rings. The number of nitriles is 1. The van der Waals surface area contributed by atoms with Crippen molar-refractivity contribution in [2.75, 3.05) is 26.3 Å². The van der Waals surface area contributed by atoms with E-state index in [1.807, 2.05) is 0 Å². The van der Waals surface area contributed by atoms with Gasteiger partial charge in [-0.1, -0.05) is 5.92 Å². The van der Waals surface area contributed by atoms with Gasteiger partial charge >= 0.3 is 0 Å². The number of sulfonamides is 1. The van der Waals surface area contributed by atoms with Crippen LogP contribution < -0.4 is 4.74 Å². The Morgan fingerprint density at radius 2 is 2.16 bits per heavy atom. The van der Waals surface area contributed by atoms with Crippen LogP contribution in [0, 0.1) is 34.9 Å². The van der Waals surface area contributed by atoms with Crippen LogP contribution in [0.25, 0.3) is 0 Å². The first-order valence-corrected chi connectivity index (χ1v) is 10.7. The average molecular weight is 445 g/mol. The van der Waals surface area contributed by atoms with Crippen LogP contribution in [0.2, 0.25) is 0 Å². The van der Waals surface area contributed by atoms with E-state index in [9.17, 15) is 23.0 Å². The van der Waals surface area contributed by atoms with Crippen molar-refractivity contribution >= 4 is 10.0 Å². The van der Waals surface area contributed by atoms with E-state index in [1.54, 1.807) is 13.0 Å². The van der Waals surface area contributed by atoms with E-state index >= 15 is 0 Å². The summed E-state index contributed by atoms with van der Waals surface area (Å²) in [5, 5.41) is 29.3. The molecule has 0 radical (unpaired) electrons. The molecule has 10 heteroatoms. The first-order chi connectivity index (χ1) is 14.7. The number of β-amino-alcohol motifs (C(OH)–C–C–N with tert-alkyl or cyclic N) is 1. The second-order valence-electron chi connectivity index (χ2n) is 7.07. The largest absolute Gasteiger partial charge is 0.493 e. The van der Waals surface area contributed by atoms with Gasteiger partial charge in [0.1, 0.15) is 33.8 Å². The molecule has 2 heterocycles. The zero-order valence-electron chi connectivity index (χ0n) is 16.6. The minimum atomic E-state index is -3.98. The lowest BCUT2D eigenvalue weighted by molar-refractivity contribution is -0.0452. The van der Waals surface area contributed by atoms with Gasteiger partial charge in [-0.05, 0) is 37.1 Å². The molecule has 0 saturated carbocycles. The Bertz CT molecular complexity index is 1170. The normalized spacial score (nSPS) is 21.2. The second-order valence-corrected chi connectivity index (χ2v) is 9.01. The molecule has 1 aliphatic rings. The fourth-order valence-electron chi connectivity index (χ4n) is 3.24. The third kappa shape index (κ3) is 4.68. The number of aliphatic hydroxyl groups excluding tert-OH is 1. The second kappa shape index (κ2) is 9.00. The zero-order valence-corrected chi connectivity index (χ0v) is 17.4. The number of nitrogens with zero attached hydrogens (tertiary/aromatic N) is 3. The highest BCUT2D eigenvalue weighted by Gasteiger charge is 2.49. The molecule has 0 aliphatic carbocycles. The van der Waals surface area contributed by atoms with Crippen LogP contribution >= 0.6 is 0 Å². The molecular formula is C21H20FN3O5S. The lowest BCUT2D eigenvalue weighted by atomic mass is 9.92. The summed E-state index contributed by atoms with van der Waals surface area (Å²) in [6.45, 7) is 0.337. The van der Waals surface area contributed by atoms with Gasteiger partial charge in [0, 0.05) is 31.3 Å². The predicted octanol–water partition coefficient (Wildman–Crippen LogP) is 0.887. The Hall–Kier alpha value is -3.02. The maximum Gasteiger partial charge on any atom is 0.244 e. The smallest absolute Gasteiger partial charge is 0.244 e. The molecule has 3 rings (SSSR count). The van der Waals surface area contributed by atoms with Crippen molar-refractivity contribution < 1.29 is 27.8 Å². The van der Waals surface area contributed by atoms with Gasteiger partial charge in [-0.2, -0.15) is 9.57 Å². The average Bonchev–Trinajstić information content (AvgIpc) is 3.11. The van der Waals surface area contributed by atoms with E-state index in [1.165, 1.54) is 30.5 Å². The molecule has 0 amide bonds. The van der Waals surface area contributed by atoms with Crippen molar-refractivity contribution in [3.05, 3.63) is 53.6 Å². The zero-order chi connectivity index (χ0) is 22.6. The summed E-state index contributed by atoms with van der Waals surface area (Å²) in [6.07, 6.45) is 1.19. The van der Waals surface area contributed by atoms with Gasteiger partial charge < -0.3 is 14.9 Å². The maximum atomic E-state index is 13.8. The lowest BCUT2D eigenvalue weighted by Crippen LogP contribution is -2.44. The molecule has 162 valence electrons. The molecule has 1 aliphatic heterocycles. The third-order valence-electron chi connectivity index (χ3n) is 5.05. The first-order valence-electron chi connectivity index (χ1n) is 9.28. The Balaban J connectivity index is 1.77. The molecule has 31 heavy (non-hydrogen) atoms. The van der Waals surface area contributed by atoms with Crippen molar-refractivity contribution in [2.24, 2.45) is 5.92 Å². The number of rotatable bonds is 6. The molecule has 8 nitrogen and oxygen atoms in total. The van der Waals surface area contributed by atoms with Crippen LogP contribution in [0.5, 0.6) is 5.75 Å². The number of aromatic nitrogens is 1. The van der Waals surface area contributed by atoms with E-state index < -0.39 is 34.0 Å². The Morgan fingerprint density at radius 3 is 2.74 bits per heavy atom. The van der Waals surface area contributed by atoms with Crippen molar-refractivity contribution in [2.45, 2.75) is 17.4 Å². The van der Waals surface area contributed by atoms with Gasteiger partial charge in [-0.15, -0.1) is 0 Å². The highest BCUT2D eigenvalue weighted by Crippen LogP contribution is 2.32. The minimum absolute atomic E-state index is 0.0647. The Morgan fingerprint density at radius 1 is 1.39 bits per heavy atom. The van der Waals surface area contributed by atoms with Gasteiger partial charge in [0.25, 0.3) is 0 Å². The van der Waals surface area contributed by atoms with Gasteiger partial charge in [-0.3, -0.25) is 0 Å². The quantitative estimate of drug-likeness (QED) is 0.633. The van der Waals surface area contributed by atoms with Gasteiger partial charge in [0.15, 0.2) is 0 Å². The minimum Gasteiger partial charge on any atom is -0.493 e. The molecule has 1 aromatic heterocycles. The first kappa shape index (κ1) is 22.7. The number of ether oxygens (including phenoxy) is 1. The number of hydrogen-bond acceptors (Lipinski definition) is 7. The monoisotopic (exact) mass is 445 g/mol. The van der Waals surface area contributed by atoms with E-state index in [4.69, 9.17) is 10.00 Å². The van der Waals surface area contributed by atoms with Crippen LogP contribution in [0.1, 0.15) is 18.2 Å². The molecule has 0 unspecified atom stereocenters. The van der Waals surface area contributed by atoms with Crippen molar-refractivity contribution in [1.29, 1.82) is 5.26 Å². The highest BCUT2D eigenvalue weighted by molar-refractivity contribution is 7.89. The summed E-state index contributed by atoms with van der Waals surface area (Å²) < 4.78 is 46.3. The number of pyridine rings is 1. The van der Waals surface area contributed by atoms with Gasteiger partial charge in [-0.25, -0.2) is 17.8 Å². The third-order valence-corrected chi connectivity index (χ3v) is 6.84. The summed E-state index contributed by atoms with van der Waals surface area (Å²) in [7, 11) is -3.98. The lowest BCUT2D eigenvalue weighted by Gasteiger charge is -2.26. The van der Waals surface area contributed by atoms with Crippen LogP contribution in [-0.2, 0) is 10.0 Å². The van der Waals surface area contributed by atoms with Crippen molar-refractivity contribution in [3.63, 3.8) is 0 Å². The van der Waals surface area contributed by atoms with Crippen LogP contribution in [0.3, 0.4) is 0 Å². The Labute approximate surface area is 179 Å². The van der Waals surface area contributed by atoms with E-state index in [0.717, 1.165) is 10.4 Å². The molecule has 1 saturated heterocycles. The summed E-state index contributed by atoms with van der Waals surface area (Å²) >= 11 is 0. The highest BCUT2D eigenvalue weighted by atomic mass is 32.2. The number of benzene rings is 1. The fraction of sp³-hybridized carbons (Fsp3) is 0.333. The van der Waals surface area contributed by atoms with E-state index in [-0.39, 0.29) is 35.9 Å². The number of hydrogen-bond donors (Lipinski definition) is 2. The molecular weight excluding hydrogens is 425 g/mol. The summed E-state index contributed by atoms with van der Waals surface area (Å²) in [5.74, 6) is 3.99. The molecule has 2 N–H and O–H groups in total. The number of halogens is 1. The summed E-state index contributed by atoms with van der Waals surface area (Å²) in [4.78, 5) is 3.94. The molecule has 2 aromatic rings. The Kier molecular flexibility index (Phi) is 6.58. The van der Waals surface area contributed by atoms with Gasteiger partial charge in [0.05, 0.1) is 18.8 Å². The van der Waals surface area contributed by atoms with Crippen LogP contribution in [0.4, 0.5) is 4.39 Å². The van der Waals surface area contributed by atoms with Crippen LogP contribution in [-0.4, -0.2) is 59.8 Å². The predicted molar refractivity (Wildman–Crippen MR) is 108 cm³/mol. The van der Waals surface area contributed by atoms with Crippen LogP contribution in [0.15, 0.2) is 41.4 Å². The van der Waals surface area contributed by atoms with E-state index in [2.05, 4.69) is 16.8 Å². The molecule has 0 spiro atoms. The molecule has 2 atom stereocenters. The standard InChI is InChI=1S/C21H20FN3O5S/c1-2-3-17-5-7-19(10-24-17)31(28,29)25-11-16(21(27,13-25)14-26)12-30-18-6-4-15(9-23)20(22)8-18/h4-8,10,16,26-27H,11-14H2,1H3/t16-,21-/m1/s1. The fourth-order valence-corrected chi connectivity index (χ4v) is 4.74. The SMILES string of the molecule is CC#Cc1ccc(S(=O)(=O)N2C[C@H](COc3ccc(C#N)c(F)c3)[C@](O)(CO)C2)cn1. The summed E-state index contributed by atoms with van der Waals surface area (Å²) in [6, 6.07) is 8.25. The van der Waals surface area contributed by atoms with Crippen molar-refractivity contribution in [1.82, 2.24) is 9.29 Å². The van der Waals surface area contributed by atoms with E-state index in [0.29, 0.717) is 5.69 Å². The topological polar surface area (TPSA) is 124 Å². The molecule has 1 aromatic carbocycles.